The average Bonchev–Trinajstić information content (AvgIpc) is 3.76. The molecule has 2 amide bonds. The van der Waals surface area contributed by atoms with Crippen molar-refractivity contribution >= 4 is 40.7 Å². The number of pyridine rings is 2. The highest BCUT2D eigenvalue weighted by molar-refractivity contribution is 6.39. The van der Waals surface area contributed by atoms with Crippen molar-refractivity contribution in [3.63, 3.8) is 0 Å². The molecule has 0 aliphatic carbocycles. The molecule has 4 N–H and O–H groups in total. The first kappa shape index (κ1) is 35.6. The zero-order valence-corrected chi connectivity index (χ0v) is 30.4. The Morgan fingerprint density at radius 2 is 1.40 bits per heavy atom. The zero-order chi connectivity index (χ0) is 36.4. The van der Waals surface area contributed by atoms with Crippen molar-refractivity contribution in [2.45, 2.75) is 57.8 Å². The summed E-state index contributed by atoms with van der Waals surface area (Å²) in [5.74, 6) is 0.643. The number of aryl methyl sites for hydroxylation is 1. The van der Waals surface area contributed by atoms with Gasteiger partial charge >= 0.3 is 0 Å². The van der Waals surface area contributed by atoms with Crippen molar-refractivity contribution in [1.29, 1.82) is 0 Å². The van der Waals surface area contributed by atoms with E-state index in [4.69, 9.17) is 32.9 Å². The molecule has 268 valence electrons. The average molecular weight is 741 g/mol. The molecule has 2 atom stereocenters. The Morgan fingerprint density at radius 1 is 0.808 bits per heavy atom. The van der Waals surface area contributed by atoms with E-state index in [1.54, 1.807) is 17.7 Å². The molecule has 0 bridgehead atoms. The lowest BCUT2D eigenvalue weighted by Gasteiger charge is -2.16. The van der Waals surface area contributed by atoms with Crippen LogP contribution in [0.25, 0.3) is 39.2 Å². The Kier molecular flexibility index (Phi) is 10.6. The van der Waals surface area contributed by atoms with E-state index in [0.29, 0.717) is 71.9 Å². The molecule has 3 aromatic heterocycles. The number of rotatable bonds is 12. The molecule has 52 heavy (non-hydrogen) atoms. The topological polar surface area (TPSA) is 139 Å². The van der Waals surface area contributed by atoms with E-state index >= 15 is 0 Å². The lowest BCUT2D eigenvalue weighted by Crippen LogP contribution is -2.36. The number of carbonyl (C=O) groups is 2. The normalized spacial score (nSPS) is 17.1. The van der Waals surface area contributed by atoms with E-state index in [1.165, 1.54) is 0 Å². The standard InChI is InChI=1S/C39H39Cl2N7O4/c1-22-15-24(16-33-44-19-25(39(51)48(22)33)18-43-21-27-11-14-35(50)46-27)28-5-3-6-29(36(28)40)30-7-4-8-31(37(30)41)32-12-9-23(38(47-32)52-2)17-42-20-26-10-13-34(49)45-26/h3-9,12,15-16,19,26-27,42-43H,10-11,13-14,17-18,20-21H2,1-2H3,(H,45,49)(H,46,50)/t26-,27-/m1/s1. The second-order valence-corrected chi connectivity index (χ2v) is 14.0. The predicted molar refractivity (Wildman–Crippen MR) is 203 cm³/mol. The van der Waals surface area contributed by atoms with E-state index in [0.717, 1.165) is 51.9 Å². The summed E-state index contributed by atoms with van der Waals surface area (Å²) in [7, 11) is 1.59. The van der Waals surface area contributed by atoms with Gasteiger partial charge in [-0.3, -0.25) is 18.8 Å². The molecule has 0 spiro atoms. The van der Waals surface area contributed by atoms with Gasteiger partial charge in [0.25, 0.3) is 5.56 Å². The summed E-state index contributed by atoms with van der Waals surface area (Å²) in [6.07, 6.45) is 4.32. The first-order chi connectivity index (χ1) is 25.2. The summed E-state index contributed by atoms with van der Waals surface area (Å²) < 4.78 is 7.26. The number of halogens is 2. The third kappa shape index (κ3) is 7.40. The van der Waals surface area contributed by atoms with Crippen LogP contribution in [-0.4, -0.2) is 58.5 Å². The molecule has 7 rings (SSSR count). The summed E-state index contributed by atoms with van der Waals surface area (Å²) in [4.78, 5) is 45.9. The minimum atomic E-state index is -0.144. The fourth-order valence-electron chi connectivity index (χ4n) is 6.95. The van der Waals surface area contributed by atoms with Gasteiger partial charge in [0.1, 0.15) is 5.65 Å². The fraction of sp³-hybridized carbons (Fsp3) is 0.308. The van der Waals surface area contributed by atoms with Crippen LogP contribution in [0.1, 0.15) is 42.5 Å². The summed E-state index contributed by atoms with van der Waals surface area (Å²) in [5.41, 5.74) is 7.01. The first-order valence-corrected chi connectivity index (χ1v) is 18.1. The predicted octanol–water partition coefficient (Wildman–Crippen LogP) is 5.45. The molecule has 0 unspecified atom stereocenters. The zero-order valence-electron chi connectivity index (χ0n) is 28.9. The maximum absolute atomic E-state index is 13.5. The number of fused-ring (bicyclic) bond motifs is 1. The van der Waals surface area contributed by atoms with Gasteiger partial charge in [0, 0.05) is 90.8 Å². The minimum Gasteiger partial charge on any atom is -0.481 e. The lowest BCUT2D eigenvalue weighted by atomic mass is 9.96. The lowest BCUT2D eigenvalue weighted by molar-refractivity contribution is -0.120. The highest BCUT2D eigenvalue weighted by Crippen LogP contribution is 2.42. The van der Waals surface area contributed by atoms with E-state index in [-0.39, 0.29) is 29.5 Å². The number of methoxy groups -OCH3 is 1. The van der Waals surface area contributed by atoms with Crippen LogP contribution in [-0.2, 0) is 22.7 Å². The summed E-state index contributed by atoms with van der Waals surface area (Å²) in [5, 5.41) is 13.6. The number of aromatic nitrogens is 3. The summed E-state index contributed by atoms with van der Waals surface area (Å²) in [6, 6.07) is 19.4. The van der Waals surface area contributed by atoms with E-state index < -0.39 is 0 Å². The van der Waals surface area contributed by atoms with Gasteiger partial charge in [-0.05, 0) is 43.5 Å². The van der Waals surface area contributed by atoms with Crippen LogP contribution in [0.4, 0.5) is 0 Å². The number of nitrogens with one attached hydrogen (secondary N) is 4. The Balaban J connectivity index is 1.12. The smallest absolute Gasteiger partial charge is 0.262 e. The Bertz CT molecular complexity index is 2240. The van der Waals surface area contributed by atoms with Crippen LogP contribution in [0, 0.1) is 6.92 Å². The van der Waals surface area contributed by atoms with Gasteiger partial charge in [0.05, 0.1) is 28.4 Å². The van der Waals surface area contributed by atoms with Crippen LogP contribution in [0.5, 0.6) is 5.88 Å². The third-order valence-electron chi connectivity index (χ3n) is 9.65. The van der Waals surface area contributed by atoms with Gasteiger partial charge in [0.2, 0.25) is 17.7 Å². The molecule has 5 aromatic rings. The molecule has 2 fully saturated rings. The Labute approximate surface area is 311 Å². The van der Waals surface area contributed by atoms with Gasteiger partial charge in [-0.15, -0.1) is 0 Å². The molecule has 2 aliphatic rings. The van der Waals surface area contributed by atoms with Crippen LogP contribution in [0.2, 0.25) is 10.0 Å². The molecule has 2 aromatic carbocycles. The SMILES string of the molecule is COc1nc(-c2cccc(-c3cccc(-c4cc(C)n5c(=O)c(CNC[C@H]6CCC(=O)N6)cnc5c4)c3Cl)c2Cl)ccc1CNC[C@H]1CCC(=O)N1. The Morgan fingerprint density at radius 3 is 2.02 bits per heavy atom. The number of amides is 2. The van der Waals surface area contributed by atoms with Gasteiger partial charge in [-0.2, -0.15) is 0 Å². The number of benzene rings is 2. The molecule has 11 nitrogen and oxygen atoms in total. The van der Waals surface area contributed by atoms with Crippen molar-refractivity contribution in [3.05, 3.63) is 104 Å². The molecule has 0 saturated carbocycles. The number of carbonyl (C=O) groups excluding carboxylic acids is 2. The van der Waals surface area contributed by atoms with E-state index in [9.17, 15) is 14.4 Å². The molecular weight excluding hydrogens is 701 g/mol. The van der Waals surface area contributed by atoms with E-state index in [1.807, 2.05) is 67.6 Å². The maximum atomic E-state index is 13.5. The third-order valence-corrected chi connectivity index (χ3v) is 10.5. The highest BCUT2D eigenvalue weighted by Gasteiger charge is 2.22. The van der Waals surface area contributed by atoms with Crippen molar-refractivity contribution in [1.82, 2.24) is 35.6 Å². The van der Waals surface area contributed by atoms with Gasteiger partial charge in [-0.1, -0.05) is 65.7 Å². The summed E-state index contributed by atoms with van der Waals surface area (Å²) >= 11 is 14.3. The second-order valence-electron chi connectivity index (χ2n) is 13.2. The van der Waals surface area contributed by atoms with Gasteiger partial charge in [0.15, 0.2) is 0 Å². The fourth-order valence-corrected chi connectivity index (χ4v) is 7.61. The van der Waals surface area contributed by atoms with Crippen LogP contribution < -0.4 is 31.6 Å². The maximum Gasteiger partial charge on any atom is 0.262 e. The van der Waals surface area contributed by atoms with E-state index in [2.05, 4.69) is 26.3 Å². The monoisotopic (exact) mass is 739 g/mol. The number of nitrogens with zero attached hydrogens (tertiary/aromatic N) is 3. The first-order valence-electron chi connectivity index (χ1n) is 17.3. The van der Waals surface area contributed by atoms with Gasteiger partial charge < -0.3 is 26.0 Å². The number of hydrogen-bond donors (Lipinski definition) is 4. The molecule has 2 aliphatic heterocycles. The molecule has 13 heteroatoms. The highest BCUT2D eigenvalue weighted by atomic mass is 35.5. The van der Waals surface area contributed by atoms with Crippen LogP contribution in [0.3, 0.4) is 0 Å². The minimum absolute atomic E-state index is 0.0613. The number of ether oxygens (including phenoxy) is 1. The molecule has 0 radical (unpaired) electrons. The summed E-state index contributed by atoms with van der Waals surface area (Å²) in [6.45, 7) is 4.02. The van der Waals surface area contributed by atoms with Crippen LogP contribution >= 0.6 is 23.2 Å². The van der Waals surface area contributed by atoms with Crippen LogP contribution in [0.15, 0.2) is 71.7 Å². The van der Waals surface area contributed by atoms with Crippen molar-refractivity contribution < 1.29 is 14.3 Å². The Hall–Kier alpha value is -4.81. The second kappa shape index (κ2) is 15.4. The largest absolute Gasteiger partial charge is 0.481 e. The quantitative estimate of drug-likeness (QED) is 0.133. The van der Waals surface area contributed by atoms with Crippen molar-refractivity contribution in [2.75, 3.05) is 20.2 Å². The van der Waals surface area contributed by atoms with Gasteiger partial charge in [-0.25, -0.2) is 9.97 Å². The molecule has 2 saturated heterocycles. The molecule has 5 heterocycles. The van der Waals surface area contributed by atoms with Crippen molar-refractivity contribution in [3.8, 4) is 39.4 Å². The molecular formula is C39H39Cl2N7O4. The van der Waals surface area contributed by atoms with Crippen molar-refractivity contribution in [2.24, 2.45) is 0 Å². The number of hydrogen-bond acceptors (Lipinski definition) is 8.